The molecule has 5 rings (SSSR count). The molecular formula is C25H31N5O2. The summed E-state index contributed by atoms with van der Waals surface area (Å²) in [7, 11) is 0. The Kier molecular flexibility index (Phi) is 5.89. The maximum atomic E-state index is 13.2. The highest BCUT2D eigenvalue weighted by Crippen LogP contribution is 2.36. The number of nitrogens with zero attached hydrogens (tertiary/aromatic N) is 5. The lowest BCUT2D eigenvalue weighted by molar-refractivity contribution is -0.117. The molecule has 1 atom stereocenters. The molecule has 2 amide bonds. The van der Waals surface area contributed by atoms with Gasteiger partial charge in [0.1, 0.15) is 11.5 Å². The molecule has 2 aromatic rings. The molecule has 0 unspecified atom stereocenters. The number of fused-ring (bicyclic) bond motifs is 1. The van der Waals surface area contributed by atoms with Gasteiger partial charge in [0.25, 0.3) is 5.91 Å². The normalized spacial score (nSPS) is 21.7. The molecule has 0 aromatic carbocycles. The zero-order chi connectivity index (χ0) is 22.1. The van der Waals surface area contributed by atoms with Gasteiger partial charge in [0.05, 0.1) is 12.5 Å². The van der Waals surface area contributed by atoms with Crippen molar-refractivity contribution in [2.24, 2.45) is 5.92 Å². The molecule has 1 aliphatic carbocycles. The minimum Gasteiger partial charge on any atom is -0.327 e. The highest BCUT2D eigenvalue weighted by Gasteiger charge is 2.36. The summed E-state index contributed by atoms with van der Waals surface area (Å²) in [4.78, 5) is 43.9. The lowest BCUT2D eigenvalue weighted by Gasteiger charge is -2.35. The van der Waals surface area contributed by atoms with E-state index in [1.807, 2.05) is 28.9 Å². The summed E-state index contributed by atoms with van der Waals surface area (Å²) in [6.45, 7) is 3.39. The first-order valence-corrected chi connectivity index (χ1v) is 12.0. The van der Waals surface area contributed by atoms with Crippen molar-refractivity contribution < 1.29 is 9.59 Å². The molecule has 1 saturated heterocycles. The molecule has 2 aliphatic heterocycles. The molecule has 4 heterocycles. The molecule has 0 spiro atoms. The summed E-state index contributed by atoms with van der Waals surface area (Å²) >= 11 is 0. The first-order valence-electron chi connectivity index (χ1n) is 12.0. The number of rotatable bonds is 4. The first kappa shape index (κ1) is 21.0. The maximum Gasteiger partial charge on any atom is 0.273 e. The number of aryl methyl sites for hydroxylation is 1. The van der Waals surface area contributed by atoms with Gasteiger partial charge in [0.2, 0.25) is 5.91 Å². The van der Waals surface area contributed by atoms with E-state index in [0.29, 0.717) is 30.4 Å². The Bertz CT molecular complexity index is 1000. The van der Waals surface area contributed by atoms with Crippen molar-refractivity contribution in [3.8, 4) is 0 Å². The monoisotopic (exact) mass is 433 g/mol. The molecule has 0 radical (unpaired) electrons. The van der Waals surface area contributed by atoms with Crippen LogP contribution in [0.15, 0.2) is 24.4 Å². The van der Waals surface area contributed by atoms with Crippen LogP contribution in [-0.4, -0.2) is 44.8 Å². The van der Waals surface area contributed by atoms with Crippen LogP contribution in [0.4, 0.5) is 5.82 Å². The second-order valence-electron chi connectivity index (χ2n) is 9.38. The molecular weight excluding hydrogens is 402 g/mol. The lowest BCUT2D eigenvalue weighted by atomic mass is 9.89. The van der Waals surface area contributed by atoms with Gasteiger partial charge in [-0.1, -0.05) is 25.3 Å². The second kappa shape index (κ2) is 8.96. The first-order chi connectivity index (χ1) is 15.6. The van der Waals surface area contributed by atoms with E-state index in [9.17, 15) is 9.59 Å². The van der Waals surface area contributed by atoms with Gasteiger partial charge in [-0.3, -0.25) is 19.5 Å². The van der Waals surface area contributed by atoms with E-state index in [1.54, 1.807) is 12.3 Å². The maximum absolute atomic E-state index is 13.2. The predicted octanol–water partition coefficient (Wildman–Crippen LogP) is 4.02. The zero-order valence-corrected chi connectivity index (χ0v) is 18.8. The predicted molar refractivity (Wildman–Crippen MR) is 121 cm³/mol. The third-order valence-corrected chi connectivity index (χ3v) is 7.21. The molecule has 2 aromatic heterocycles. The summed E-state index contributed by atoms with van der Waals surface area (Å²) in [6, 6.07) is 5.22. The van der Waals surface area contributed by atoms with Crippen LogP contribution in [0.3, 0.4) is 0 Å². The Balaban J connectivity index is 1.45. The fourth-order valence-corrected chi connectivity index (χ4v) is 5.44. The summed E-state index contributed by atoms with van der Waals surface area (Å²) in [6.07, 6.45) is 11.0. The SMILES string of the molecule is Cc1nc([C@H]2CCCCN2C(=O)c2ccccn2)nc2c1CC(=O)N2CC1CCCCC1. The van der Waals surface area contributed by atoms with Gasteiger partial charge in [-0.05, 0) is 57.1 Å². The van der Waals surface area contributed by atoms with Crippen LogP contribution in [0.25, 0.3) is 0 Å². The van der Waals surface area contributed by atoms with E-state index in [0.717, 1.165) is 42.9 Å². The smallest absolute Gasteiger partial charge is 0.273 e. The minimum atomic E-state index is -0.186. The number of piperidine rings is 1. The number of pyridine rings is 1. The highest BCUT2D eigenvalue weighted by atomic mass is 16.2. The van der Waals surface area contributed by atoms with Crippen molar-refractivity contribution in [1.29, 1.82) is 0 Å². The van der Waals surface area contributed by atoms with E-state index in [4.69, 9.17) is 9.97 Å². The van der Waals surface area contributed by atoms with E-state index in [1.165, 1.54) is 32.1 Å². The van der Waals surface area contributed by atoms with Gasteiger partial charge in [-0.2, -0.15) is 0 Å². The fourth-order valence-electron chi connectivity index (χ4n) is 5.44. The average Bonchev–Trinajstić information content (AvgIpc) is 3.15. The molecule has 7 nitrogen and oxygen atoms in total. The van der Waals surface area contributed by atoms with E-state index < -0.39 is 0 Å². The van der Waals surface area contributed by atoms with E-state index in [-0.39, 0.29) is 17.9 Å². The summed E-state index contributed by atoms with van der Waals surface area (Å²) in [5.41, 5.74) is 2.26. The van der Waals surface area contributed by atoms with Crippen LogP contribution in [-0.2, 0) is 11.2 Å². The molecule has 3 aliphatic rings. The molecule has 32 heavy (non-hydrogen) atoms. The van der Waals surface area contributed by atoms with Crippen molar-refractivity contribution in [1.82, 2.24) is 19.9 Å². The van der Waals surface area contributed by atoms with Gasteiger partial charge in [0.15, 0.2) is 5.82 Å². The molecule has 1 saturated carbocycles. The van der Waals surface area contributed by atoms with Crippen molar-refractivity contribution in [3.05, 3.63) is 47.2 Å². The van der Waals surface area contributed by atoms with Crippen LogP contribution in [0, 0.1) is 12.8 Å². The average molecular weight is 434 g/mol. The molecule has 0 bridgehead atoms. The van der Waals surface area contributed by atoms with Crippen LogP contribution in [0.5, 0.6) is 0 Å². The topological polar surface area (TPSA) is 79.3 Å². The molecule has 7 heteroatoms. The Labute approximate surface area is 189 Å². The Morgan fingerprint density at radius 2 is 1.88 bits per heavy atom. The summed E-state index contributed by atoms with van der Waals surface area (Å²) < 4.78 is 0. The molecule has 2 fully saturated rings. The number of amides is 2. The number of likely N-dealkylation sites (tertiary alicyclic amines) is 1. The third kappa shape index (κ3) is 4.00. The van der Waals surface area contributed by atoms with Crippen molar-refractivity contribution >= 4 is 17.6 Å². The van der Waals surface area contributed by atoms with Gasteiger partial charge >= 0.3 is 0 Å². The summed E-state index contributed by atoms with van der Waals surface area (Å²) in [5, 5.41) is 0. The minimum absolute atomic E-state index is 0.0767. The number of hydrogen-bond donors (Lipinski definition) is 0. The standard InChI is InChI=1S/C25H31N5O2/c1-17-19-15-22(31)30(16-18-9-3-2-4-10-18)24(19)28-23(27-17)21-12-6-8-14-29(21)25(32)20-11-5-7-13-26-20/h5,7,11,13,18,21H,2-4,6,8-10,12,14-16H2,1H3/t21-/m1/s1. The number of aromatic nitrogens is 3. The molecule has 168 valence electrons. The summed E-state index contributed by atoms with van der Waals surface area (Å²) in [5.74, 6) is 2.04. The van der Waals surface area contributed by atoms with Gasteiger partial charge in [0, 0.05) is 30.5 Å². The van der Waals surface area contributed by atoms with E-state index in [2.05, 4.69) is 4.98 Å². The number of carbonyl (C=O) groups is 2. The Morgan fingerprint density at radius 3 is 2.66 bits per heavy atom. The lowest BCUT2D eigenvalue weighted by Crippen LogP contribution is -2.40. The van der Waals surface area contributed by atoms with Crippen LogP contribution in [0.2, 0.25) is 0 Å². The molecule has 0 N–H and O–H groups in total. The van der Waals surface area contributed by atoms with Crippen LogP contribution < -0.4 is 4.90 Å². The Hall–Kier alpha value is -2.83. The van der Waals surface area contributed by atoms with Crippen molar-refractivity contribution in [2.75, 3.05) is 18.0 Å². The van der Waals surface area contributed by atoms with Gasteiger partial charge in [-0.25, -0.2) is 9.97 Å². The Morgan fingerprint density at radius 1 is 1.06 bits per heavy atom. The number of anilines is 1. The van der Waals surface area contributed by atoms with Gasteiger partial charge < -0.3 is 4.90 Å². The van der Waals surface area contributed by atoms with Gasteiger partial charge in [-0.15, -0.1) is 0 Å². The third-order valence-electron chi connectivity index (χ3n) is 7.21. The van der Waals surface area contributed by atoms with Crippen molar-refractivity contribution in [3.63, 3.8) is 0 Å². The quantitative estimate of drug-likeness (QED) is 0.728. The largest absolute Gasteiger partial charge is 0.327 e. The van der Waals surface area contributed by atoms with E-state index >= 15 is 0 Å². The van der Waals surface area contributed by atoms with Crippen molar-refractivity contribution in [2.45, 2.75) is 70.8 Å². The second-order valence-corrected chi connectivity index (χ2v) is 9.38. The zero-order valence-electron chi connectivity index (χ0n) is 18.8. The number of carbonyl (C=O) groups excluding carboxylic acids is 2. The van der Waals surface area contributed by atoms with Crippen LogP contribution >= 0.6 is 0 Å². The number of hydrogen-bond acceptors (Lipinski definition) is 5. The van der Waals surface area contributed by atoms with Crippen LogP contribution in [0.1, 0.15) is 85.0 Å². The fraction of sp³-hybridized carbons (Fsp3) is 0.560. The highest BCUT2D eigenvalue weighted by molar-refractivity contribution is 6.00.